The van der Waals surface area contributed by atoms with Gasteiger partial charge in [0.15, 0.2) is 0 Å². The second-order valence-corrected chi connectivity index (χ2v) is 7.78. The van der Waals surface area contributed by atoms with Crippen LogP contribution in [-0.4, -0.2) is 21.2 Å². The number of carbonyl (C=O) groups excluding carboxylic acids is 1. The number of rotatable bonds is 5. The lowest BCUT2D eigenvalue weighted by Crippen LogP contribution is -2.22. The summed E-state index contributed by atoms with van der Waals surface area (Å²) in [5.41, 5.74) is 1.95. The molecule has 3 aromatic carbocycles. The second-order valence-electron chi connectivity index (χ2n) is 6.72. The molecule has 0 fully saturated rings. The lowest BCUT2D eigenvalue weighted by Gasteiger charge is -2.12. The smallest absolute Gasteiger partial charge is 0.288 e. The maximum Gasteiger partial charge on any atom is 0.288 e. The molecule has 0 atom stereocenters. The van der Waals surface area contributed by atoms with E-state index in [4.69, 9.17) is 0 Å². The number of fused-ring (bicyclic) bond motifs is 1. The van der Waals surface area contributed by atoms with Gasteiger partial charge in [0.05, 0.1) is 16.6 Å². The molecular weight excluding hydrogens is 420 g/mol. The first-order chi connectivity index (χ1) is 14.9. The zero-order chi connectivity index (χ0) is 22.0. The van der Waals surface area contributed by atoms with E-state index in [2.05, 4.69) is 10.3 Å². The van der Waals surface area contributed by atoms with Gasteiger partial charge in [-0.2, -0.15) is 8.78 Å². The molecule has 31 heavy (non-hydrogen) atoms. The van der Waals surface area contributed by atoms with Gasteiger partial charge >= 0.3 is 0 Å². The van der Waals surface area contributed by atoms with E-state index >= 15 is 0 Å². The van der Waals surface area contributed by atoms with E-state index in [-0.39, 0.29) is 11.5 Å². The van der Waals surface area contributed by atoms with Gasteiger partial charge in [-0.1, -0.05) is 23.9 Å². The molecule has 8 heteroatoms. The van der Waals surface area contributed by atoms with Crippen molar-refractivity contribution in [1.29, 1.82) is 0 Å². The minimum absolute atomic E-state index is 0.179. The van der Waals surface area contributed by atoms with Crippen LogP contribution in [-0.2, 0) is 0 Å². The molecule has 0 saturated heterocycles. The van der Waals surface area contributed by atoms with Crippen LogP contribution in [0.4, 0.5) is 14.5 Å². The molecule has 0 aliphatic heterocycles. The molecule has 0 aliphatic rings. The van der Waals surface area contributed by atoms with Crippen molar-refractivity contribution in [2.45, 2.75) is 17.6 Å². The third-order valence-corrected chi connectivity index (χ3v) is 5.39. The first-order valence-corrected chi connectivity index (χ1v) is 10.3. The summed E-state index contributed by atoms with van der Waals surface area (Å²) in [5, 5.41) is 3.25. The Morgan fingerprint density at radius 2 is 1.68 bits per heavy atom. The molecule has 0 aliphatic carbocycles. The normalized spacial score (nSPS) is 11.1. The van der Waals surface area contributed by atoms with Gasteiger partial charge in [-0.05, 0) is 67.6 Å². The first kappa shape index (κ1) is 20.7. The number of hydrogen-bond donors (Lipinski definition) is 1. The van der Waals surface area contributed by atoms with Crippen molar-refractivity contribution in [3.63, 3.8) is 0 Å². The Labute approximate surface area is 180 Å². The third-order valence-electron chi connectivity index (χ3n) is 4.67. The van der Waals surface area contributed by atoms with Crippen molar-refractivity contribution >= 4 is 34.3 Å². The van der Waals surface area contributed by atoms with Gasteiger partial charge in [0.2, 0.25) is 0 Å². The van der Waals surface area contributed by atoms with E-state index < -0.39 is 5.76 Å². The van der Waals surface area contributed by atoms with E-state index in [1.807, 2.05) is 6.07 Å². The Kier molecular flexibility index (Phi) is 5.81. The van der Waals surface area contributed by atoms with Crippen molar-refractivity contribution < 1.29 is 13.6 Å². The van der Waals surface area contributed by atoms with Crippen molar-refractivity contribution in [2.75, 3.05) is 5.32 Å². The summed E-state index contributed by atoms with van der Waals surface area (Å²) in [6, 6.07) is 19.9. The van der Waals surface area contributed by atoms with Crippen LogP contribution in [0.1, 0.15) is 16.2 Å². The highest BCUT2D eigenvalue weighted by molar-refractivity contribution is 7.99. The van der Waals surface area contributed by atoms with Crippen molar-refractivity contribution in [1.82, 2.24) is 9.55 Å². The monoisotopic (exact) mass is 437 g/mol. The van der Waals surface area contributed by atoms with Gasteiger partial charge in [0, 0.05) is 16.1 Å². The van der Waals surface area contributed by atoms with Crippen LogP contribution in [0, 0.1) is 6.92 Å². The number of anilines is 1. The van der Waals surface area contributed by atoms with Crippen LogP contribution < -0.4 is 10.9 Å². The third kappa shape index (κ3) is 4.49. The Morgan fingerprint density at radius 1 is 1.00 bits per heavy atom. The predicted molar refractivity (Wildman–Crippen MR) is 118 cm³/mol. The zero-order valence-electron chi connectivity index (χ0n) is 16.4. The van der Waals surface area contributed by atoms with E-state index in [0.29, 0.717) is 50.3 Å². The standard InChI is InChI=1S/C23H17F2N3O2S/c1-14-26-20-5-3-2-4-19(20)22(30)28(14)17-10-6-15(7-11-17)21(29)27-16-8-12-18(13-9-16)31-23(24)25/h2-13,23H,1H3,(H,27,29). The number of aryl methyl sites for hydroxylation is 1. The average molecular weight is 437 g/mol. The quantitative estimate of drug-likeness (QED) is 0.433. The minimum atomic E-state index is -2.49. The van der Waals surface area contributed by atoms with Crippen molar-refractivity contribution in [3.8, 4) is 5.69 Å². The van der Waals surface area contributed by atoms with Crippen LogP contribution in [0.5, 0.6) is 0 Å². The van der Waals surface area contributed by atoms with E-state index in [1.54, 1.807) is 61.5 Å². The lowest BCUT2D eigenvalue weighted by atomic mass is 10.1. The first-order valence-electron chi connectivity index (χ1n) is 9.37. The van der Waals surface area contributed by atoms with Gasteiger partial charge in [0.1, 0.15) is 5.82 Å². The number of carbonyl (C=O) groups is 1. The summed E-state index contributed by atoms with van der Waals surface area (Å²) in [4.78, 5) is 30.3. The molecule has 0 bridgehead atoms. The maximum absolute atomic E-state index is 12.9. The van der Waals surface area contributed by atoms with Crippen LogP contribution in [0.15, 0.2) is 82.5 Å². The van der Waals surface area contributed by atoms with Gasteiger partial charge in [-0.15, -0.1) is 0 Å². The van der Waals surface area contributed by atoms with E-state index in [1.165, 1.54) is 16.7 Å². The Balaban J connectivity index is 1.55. The topological polar surface area (TPSA) is 64.0 Å². The van der Waals surface area contributed by atoms with Crippen LogP contribution >= 0.6 is 11.8 Å². The largest absolute Gasteiger partial charge is 0.322 e. The number of hydrogen-bond acceptors (Lipinski definition) is 4. The molecular formula is C23H17F2N3O2S. The van der Waals surface area contributed by atoms with E-state index in [0.717, 1.165) is 0 Å². The number of aromatic nitrogens is 2. The molecule has 4 aromatic rings. The molecule has 0 unspecified atom stereocenters. The number of para-hydroxylation sites is 1. The number of nitrogens with zero attached hydrogens (tertiary/aromatic N) is 2. The number of nitrogens with one attached hydrogen (secondary N) is 1. The average Bonchev–Trinajstić information content (AvgIpc) is 2.75. The highest BCUT2D eigenvalue weighted by Crippen LogP contribution is 2.26. The summed E-state index contributed by atoms with van der Waals surface area (Å²) < 4.78 is 26.3. The highest BCUT2D eigenvalue weighted by Gasteiger charge is 2.12. The molecule has 1 N–H and O–H groups in total. The van der Waals surface area contributed by atoms with Gasteiger partial charge in [-0.25, -0.2) is 4.98 Å². The molecule has 0 spiro atoms. The Bertz CT molecular complexity index is 1300. The summed E-state index contributed by atoms with van der Waals surface area (Å²) in [7, 11) is 0. The number of halogens is 2. The van der Waals surface area contributed by atoms with Crippen LogP contribution in [0.2, 0.25) is 0 Å². The maximum atomic E-state index is 12.9. The van der Waals surface area contributed by atoms with E-state index in [9.17, 15) is 18.4 Å². The van der Waals surface area contributed by atoms with Gasteiger partial charge in [0.25, 0.3) is 17.2 Å². The molecule has 4 rings (SSSR count). The number of alkyl halides is 2. The fourth-order valence-electron chi connectivity index (χ4n) is 3.23. The molecule has 0 radical (unpaired) electrons. The SMILES string of the molecule is Cc1nc2ccccc2c(=O)n1-c1ccc(C(=O)Nc2ccc(SC(F)F)cc2)cc1. The molecule has 156 valence electrons. The molecule has 1 amide bonds. The molecule has 1 aromatic heterocycles. The van der Waals surface area contributed by atoms with Crippen LogP contribution in [0.25, 0.3) is 16.6 Å². The number of amides is 1. The van der Waals surface area contributed by atoms with Crippen molar-refractivity contribution in [2.24, 2.45) is 0 Å². The fourth-order valence-corrected chi connectivity index (χ4v) is 3.73. The summed E-state index contributed by atoms with van der Waals surface area (Å²) in [6.07, 6.45) is 0. The lowest BCUT2D eigenvalue weighted by molar-refractivity contribution is 0.102. The number of benzene rings is 3. The van der Waals surface area contributed by atoms with Crippen molar-refractivity contribution in [3.05, 3.63) is 94.5 Å². The Morgan fingerprint density at radius 3 is 2.35 bits per heavy atom. The Hall–Kier alpha value is -3.52. The second kappa shape index (κ2) is 8.69. The summed E-state index contributed by atoms with van der Waals surface area (Å²) >= 11 is 0.446. The minimum Gasteiger partial charge on any atom is -0.322 e. The van der Waals surface area contributed by atoms with Crippen LogP contribution in [0.3, 0.4) is 0 Å². The fraction of sp³-hybridized carbons (Fsp3) is 0.0870. The summed E-state index contributed by atoms with van der Waals surface area (Å²) in [6.45, 7) is 1.75. The van der Waals surface area contributed by atoms with Gasteiger partial charge in [-0.3, -0.25) is 14.2 Å². The zero-order valence-corrected chi connectivity index (χ0v) is 17.2. The van der Waals surface area contributed by atoms with Gasteiger partial charge < -0.3 is 5.32 Å². The molecule has 1 heterocycles. The molecule has 5 nitrogen and oxygen atoms in total. The highest BCUT2D eigenvalue weighted by atomic mass is 32.2. The summed E-state index contributed by atoms with van der Waals surface area (Å²) in [5.74, 6) is -2.29. The molecule has 0 saturated carbocycles. The number of thioether (sulfide) groups is 1. The predicted octanol–water partition coefficient (Wildman–Crippen LogP) is 5.26.